The second-order valence-corrected chi connectivity index (χ2v) is 5.65. The summed E-state index contributed by atoms with van der Waals surface area (Å²) in [6, 6.07) is 0. The van der Waals surface area contributed by atoms with E-state index in [0.717, 1.165) is 24.2 Å². The van der Waals surface area contributed by atoms with Crippen LogP contribution in [-0.4, -0.2) is 19.7 Å². The van der Waals surface area contributed by atoms with Crippen molar-refractivity contribution in [2.75, 3.05) is 0 Å². The van der Waals surface area contributed by atoms with Crippen molar-refractivity contribution in [2.45, 2.75) is 32.0 Å². The number of aryl methyl sites for hydroxylation is 1. The molecule has 2 aromatic heterocycles. The van der Waals surface area contributed by atoms with Crippen molar-refractivity contribution in [3.63, 3.8) is 0 Å². The Kier molecular flexibility index (Phi) is 4.16. The van der Waals surface area contributed by atoms with E-state index in [1.54, 1.807) is 0 Å². The zero-order valence-corrected chi connectivity index (χ0v) is 11.4. The van der Waals surface area contributed by atoms with Gasteiger partial charge in [0, 0.05) is 6.20 Å². The first kappa shape index (κ1) is 14.4. The zero-order chi connectivity index (χ0) is 14.0. The molecule has 19 heavy (non-hydrogen) atoms. The Bertz CT molecular complexity index is 552. The van der Waals surface area contributed by atoms with Crippen LogP contribution in [-0.2, 0) is 12.6 Å². The van der Waals surface area contributed by atoms with Gasteiger partial charge in [-0.2, -0.15) is 13.2 Å². The van der Waals surface area contributed by atoms with E-state index in [1.807, 2.05) is 6.92 Å². The monoisotopic (exact) mass is 309 g/mol. The Morgan fingerprint density at radius 3 is 2.74 bits per heavy atom. The van der Waals surface area contributed by atoms with Gasteiger partial charge in [0.2, 0.25) is 0 Å². The molecule has 4 nitrogen and oxygen atoms in total. The van der Waals surface area contributed by atoms with Crippen molar-refractivity contribution in [2.24, 2.45) is 0 Å². The van der Waals surface area contributed by atoms with Gasteiger partial charge in [0.1, 0.15) is 6.10 Å². The first-order valence-corrected chi connectivity index (χ1v) is 7.04. The zero-order valence-electron chi connectivity index (χ0n) is 9.81. The fourth-order valence-electron chi connectivity index (χ4n) is 1.51. The highest BCUT2D eigenvalue weighted by molar-refractivity contribution is 7.12. The van der Waals surface area contributed by atoms with Gasteiger partial charge in [-0.15, -0.1) is 16.4 Å². The Labute approximate surface area is 115 Å². The maximum atomic E-state index is 12.5. The maximum Gasteiger partial charge on any atom is 0.443 e. The van der Waals surface area contributed by atoms with E-state index in [2.05, 4.69) is 14.6 Å². The fourth-order valence-corrected chi connectivity index (χ4v) is 3.06. The van der Waals surface area contributed by atoms with E-state index in [4.69, 9.17) is 0 Å². The molecule has 2 aromatic rings. The van der Waals surface area contributed by atoms with Gasteiger partial charge in [0.25, 0.3) is 0 Å². The topological polar surface area (TPSA) is 58.9 Å². The molecule has 0 fully saturated rings. The minimum atomic E-state index is -4.49. The largest absolute Gasteiger partial charge is 0.443 e. The number of thiazole rings is 1. The molecule has 0 aromatic carbocycles. The molecular formula is C10H10F3N3OS2. The van der Waals surface area contributed by atoms with E-state index >= 15 is 0 Å². The SMILES string of the molecule is CCCc1nnsc1C(O)c1cnc(C(F)(F)F)s1. The summed E-state index contributed by atoms with van der Waals surface area (Å²) in [5.41, 5.74) is 0.627. The molecule has 0 amide bonds. The van der Waals surface area contributed by atoms with Crippen LogP contribution in [0.5, 0.6) is 0 Å². The van der Waals surface area contributed by atoms with Crippen molar-refractivity contribution in [1.82, 2.24) is 14.6 Å². The van der Waals surface area contributed by atoms with E-state index in [0.29, 0.717) is 28.3 Å². The first-order chi connectivity index (χ1) is 8.93. The first-order valence-electron chi connectivity index (χ1n) is 5.45. The van der Waals surface area contributed by atoms with Gasteiger partial charge in [-0.3, -0.25) is 0 Å². The van der Waals surface area contributed by atoms with Gasteiger partial charge in [-0.05, 0) is 18.0 Å². The maximum absolute atomic E-state index is 12.5. The number of halogens is 3. The Morgan fingerprint density at radius 2 is 2.16 bits per heavy atom. The lowest BCUT2D eigenvalue weighted by atomic mass is 10.1. The van der Waals surface area contributed by atoms with Crippen LogP contribution in [0.4, 0.5) is 13.2 Å². The van der Waals surface area contributed by atoms with Crippen molar-refractivity contribution in [1.29, 1.82) is 0 Å². The fraction of sp³-hybridized carbons (Fsp3) is 0.500. The van der Waals surface area contributed by atoms with E-state index in [9.17, 15) is 18.3 Å². The second-order valence-electron chi connectivity index (χ2n) is 3.80. The minimum absolute atomic E-state index is 0.149. The number of rotatable bonds is 4. The van der Waals surface area contributed by atoms with Gasteiger partial charge in [-0.1, -0.05) is 17.8 Å². The summed E-state index contributed by atoms with van der Waals surface area (Å²) in [5, 5.41) is 13.0. The number of hydrogen-bond donors (Lipinski definition) is 1. The van der Waals surface area contributed by atoms with Crippen LogP contribution >= 0.6 is 22.9 Å². The summed E-state index contributed by atoms with van der Waals surface area (Å²) in [6.45, 7) is 1.95. The van der Waals surface area contributed by atoms with Crippen molar-refractivity contribution in [3.8, 4) is 0 Å². The molecule has 1 unspecified atom stereocenters. The Hall–Kier alpha value is -1.06. The molecule has 0 saturated carbocycles. The smallest absolute Gasteiger partial charge is 0.382 e. The van der Waals surface area contributed by atoms with Gasteiger partial charge < -0.3 is 5.11 Å². The van der Waals surface area contributed by atoms with Gasteiger partial charge in [-0.25, -0.2) is 4.98 Å². The normalized spacial score (nSPS) is 13.7. The molecular weight excluding hydrogens is 299 g/mol. The van der Waals surface area contributed by atoms with Crippen LogP contribution in [0.25, 0.3) is 0 Å². The number of hydrogen-bond acceptors (Lipinski definition) is 6. The molecule has 0 aliphatic rings. The number of aliphatic hydroxyl groups is 1. The quantitative estimate of drug-likeness (QED) is 0.943. The minimum Gasteiger partial charge on any atom is -0.382 e. The lowest BCUT2D eigenvalue weighted by Gasteiger charge is -2.06. The van der Waals surface area contributed by atoms with Gasteiger partial charge in [0.15, 0.2) is 5.01 Å². The molecule has 9 heteroatoms. The molecule has 1 atom stereocenters. The van der Waals surface area contributed by atoms with Crippen LogP contribution in [0.2, 0.25) is 0 Å². The molecule has 2 heterocycles. The summed E-state index contributed by atoms with van der Waals surface area (Å²) in [4.78, 5) is 3.93. The van der Waals surface area contributed by atoms with Crippen LogP contribution in [0.15, 0.2) is 6.20 Å². The summed E-state index contributed by atoms with van der Waals surface area (Å²) in [6.07, 6.45) is -3.13. The Morgan fingerprint density at radius 1 is 1.42 bits per heavy atom. The standard InChI is InChI=1S/C10H10F3N3OS2/c1-2-3-5-8(19-16-15-5)7(17)6-4-14-9(18-6)10(11,12)13/h4,7,17H,2-3H2,1H3. The third-order valence-electron chi connectivity index (χ3n) is 2.36. The number of aliphatic hydroxyl groups excluding tert-OH is 1. The van der Waals surface area contributed by atoms with Crippen molar-refractivity contribution >= 4 is 22.9 Å². The molecule has 0 aliphatic heterocycles. The number of aromatic nitrogens is 3. The molecule has 2 rings (SSSR count). The average Bonchev–Trinajstić information content (AvgIpc) is 2.96. The summed E-state index contributed by atoms with van der Waals surface area (Å²) < 4.78 is 41.1. The number of nitrogens with zero attached hydrogens (tertiary/aromatic N) is 3. The lowest BCUT2D eigenvalue weighted by molar-refractivity contribution is -0.137. The molecule has 0 bridgehead atoms. The molecule has 104 valence electrons. The van der Waals surface area contributed by atoms with Gasteiger partial charge in [0.05, 0.1) is 15.4 Å². The van der Waals surface area contributed by atoms with E-state index < -0.39 is 17.3 Å². The van der Waals surface area contributed by atoms with Crippen LogP contribution < -0.4 is 0 Å². The van der Waals surface area contributed by atoms with Crippen LogP contribution in [0.3, 0.4) is 0 Å². The van der Waals surface area contributed by atoms with Crippen LogP contribution in [0, 0.1) is 0 Å². The van der Waals surface area contributed by atoms with Crippen LogP contribution in [0.1, 0.15) is 39.9 Å². The van der Waals surface area contributed by atoms with E-state index in [-0.39, 0.29) is 4.88 Å². The van der Waals surface area contributed by atoms with E-state index in [1.165, 1.54) is 0 Å². The predicted molar refractivity (Wildman–Crippen MR) is 65.1 cm³/mol. The highest BCUT2D eigenvalue weighted by atomic mass is 32.1. The van der Waals surface area contributed by atoms with Crippen molar-refractivity contribution < 1.29 is 18.3 Å². The summed E-state index contributed by atoms with van der Waals surface area (Å²) >= 11 is 1.43. The molecule has 1 N–H and O–H groups in total. The molecule has 0 aliphatic carbocycles. The second kappa shape index (κ2) is 5.51. The third-order valence-corrected chi connectivity index (χ3v) is 4.27. The molecule has 0 radical (unpaired) electrons. The Balaban J connectivity index is 2.26. The molecule has 0 spiro atoms. The predicted octanol–water partition coefficient (Wildman–Crippen LogP) is 3.05. The van der Waals surface area contributed by atoms with Crippen molar-refractivity contribution in [3.05, 3.63) is 26.7 Å². The highest BCUT2D eigenvalue weighted by Gasteiger charge is 2.35. The van der Waals surface area contributed by atoms with Gasteiger partial charge >= 0.3 is 6.18 Å². The summed E-state index contributed by atoms with van der Waals surface area (Å²) in [7, 11) is 0. The highest BCUT2D eigenvalue weighted by Crippen LogP contribution is 2.37. The average molecular weight is 309 g/mol. The summed E-state index contributed by atoms with van der Waals surface area (Å²) in [5.74, 6) is 0. The third kappa shape index (κ3) is 3.10. The number of alkyl halides is 3. The molecule has 0 saturated heterocycles. The lowest BCUT2D eigenvalue weighted by Crippen LogP contribution is -2.03.